The minimum Gasteiger partial charge on any atom is -0.481 e. The van der Waals surface area contributed by atoms with Gasteiger partial charge in [-0.1, -0.05) is 30.3 Å². The summed E-state index contributed by atoms with van der Waals surface area (Å²) in [7, 11) is 0. The lowest BCUT2D eigenvalue weighted by Crippen LogP contribution is -2.40. The van der Waals surface area contributed by atoms with Crippen LogP contribution in [0.25, 0.3) is 10.8 Å². The van der Waals surface area contributed by atoms with Crippen molar-refractivity contribution in [1.82, 2.24) is 5.32 Å². The molecule has 0 unspecified atom stereocenters. The van der Waals surface area contributed by atoms with Crippen LogP contribution in [-0.4, -0.2) is 31.3 Å². The molecule has 2 atom stereocenters. The van der Waals surface area contributed by atoms with E-state index in [0.29, 0.717) is 12.3 Å². The average Bonchev–Trinajstić information content (AvgIpc) is 3.06. The molecule has 4 nitrogen and oxygen atoms in total. The van der Waals surface area contributed by atoms with E-state index in [9.17, 15) is 4.79 Å². The van der Waals surface area contributed by atoms with Gasteiger partial charge in [0.1, 0.15) is 5.75 Å². The molecule has 2 aromatic carbocycles. The number of amides is 1. The summed E-state index contributed by atoms with van der Waals surface area (Å²) < 4.78 is 11.2. The molecule has 1 N–H and O–H groups in total. The molecule has 3 rings (SSSR count). The largest absolute Gasteiger partial charge is 0.481 e. The summed E-state index contributed by atoms with van der Waals surface area (Å²) in [5.41, 5.74) is 0. The van der Waals surface area contributed by atoms with Crippen molar-refractivity contribution >= 4 is 16.7 Å². The minimum atomic E-state index is -0.525. The van der Waals surface area contributed by atoms with Crippen LogP contribution in [-0.2, 0) is 9.53 Å². The molecule has 1 heterocycles. The van der Waals surface area contributed by atoms with E-state index in [0.717, 1.165) is 30.2 Å². The minimum absolute atomic E-state index is 0.108. The first-order valence-corrected chi connectivity index (χ1v) is 7.77. The molecule has 1 aliphatic heterocycles. The number of rotatable bonds is 5. The van der Waals surface area contributed by atoms with Crippen molar-refractivity contribution < 1.29 is 14.3 Å². The molecule has 1 saturated heterocycles. The molecule has 116 valence electrons. The van der Waals surface area contributed by atoms with E-state index in [1.54, 1.807) is 6.92 Å². The van der Waals surface area contributed by atoms with Gasteiger partial charge in [-0.25, -0.2) is 0 Å². The zero-order chi connectivity index (χ0) is 15.4. The normalized spacial score (nSPS) is 19.0. The van der Waals surface area contributed by atoms with Crippen LogP contribution in [0.3, 0.4) is 0 Å². The van der Waals surface area contributed by atoms with Crippen LogP contribution in [0.2, 0.25) is 0 Å². The molecule has 22 heavy (non-hydrogen) atoms. The van der Waals surface area contributed by atoms with E-state index in [-0.39, 0.29) is 12.0 Å². The van der Waals surface area contributed by atoms with Gasteiger partial charge < -0.3 is 14.8 Å². The van der Waals surface area contributed by atoms with Crippen LogP contribution in [0, 0.1) is 0 Å². The zero-order valence-electron chi connectivity index (χ0n) is 12.7. The van der Waals surface area contributed by atoms with Gasteiger partial charge in [-0.05, 0) is 42.7 Å². The Bertz CT molecular complexity index is 650. The Labute approximate surface area is 130 Å². The van der Waals surface area contributed by atoms with Crippen molar-refractivity contribution in [3.05, 3.63) is 42.5 Å². The Morgan fingerprint density at radius 3 is 2.91 bits per heavy atom. The summed E-state index contributed by atoms with van der Waals surface area (Å²) >= 11 is 0. The highest BCUT2D eigenvalue weighted by Gasteiger charge is 2.19. The zero-order valence-corrected chi connectivity index (χ0v) is 12.7. The van der Waals surface area contributed by atoms with E-state index in [2.05, 4.69) is 11.4 Å². The van der Waals surface area contributed by atoms with Crippen LogP contribution in [0.5, 0.6) is 5.75 Å². The van der Waals surface area contributed by atoms with E-state index in [1.165, 1.54) is 0 Å². The average molecular weight is 299 g/mol. The van der Waals surface area contributed by atoms with Gasteiger partial charge in [-0.2, -0.15) is 0 Å². The maximum Gasteiger partial charge on any atom is 0.260 e. The number of carbonyl (C=O) groups is 1. The lowest BCUT2D eigenvalue weighted by molar-refractivity contribution is -0.127. The third-order valence-corrected chi connectivity index (χ3v) is 3.93. The fraction of sp³-hybridized carbons (Fsp3) is 0.389. The number of ether oxygens (including phenoxy) is 2. The fourth-order valence-electron chi connectivity index (χ4n) is 2.66. The number of fused-ring (bicyclic) bond motifs is 1. The molecule has 4 heteroatoms. The summed E-state index contributed by atoms with van der Waals surface area (Å²) in [6.07, 6.45) is 1.71. The molecule has 0 bridgehead atoms. The van der Waals surface area contributed by atoms with Gasteiger partial charge >= 0.3 is 0 Å². The Balaban J connectivity index is 1.57. The maximum absolute atomic E-state index is 12.1. The maximum atomic E-state index is 12.1. The summed E-state index contributed by atoms with van der Waals surface area (Å²) in [5, 5.41) is 5.15. The topological polar surface area (TPSA) is 47.6 Å². The van der Waals surface area contributed by atoms with Gasteiger partial charge in [-0.15, -0.1) is 0 Å². The standard InChI is InChI=1S/C18H21NO3/c1-13(18(20)19-12-17-7-4-10-21-17)22-16-9-8-14-5-2-3-6-15(14)11-16/h2-3,5-6,8-9,11,13,17H,4,7,10,12H2,1H3,(H,19,20)/t13-,17-/m0/s1. The van der Waals surface area contributed by atoms with Crippen LogP contribution in [0.4, 0.5) is 0 Å². The first-order valence-electron chi connectivity index (χ1n) is 7.77. The first kappa shape index (κ1) is 14.9. The second-order valence-electron chi connectivity index (χ2n) is 5.65. The molecular weight excluding hydrogens is 278 g/mol. The van der Waals surface area contributed by atoms with E-state index in [4.69, 9.17) is 9.47 Å². The van der Waals surface area contributed by atoms with Crippen molar-refractivity contribution in [3.8, 4) is 5.75 Å². The highest BCUT2D eigenvalue weighted by molar-refractivity contribution is 5.84. The summed E-state index contributed by atoms with van der Waals surface area (Å²) in [4.78, 5) is 12.1. The van der Waals surface area contributed by atoms with Crippen LogP contribution >= 0.6 is 0 Å². The Morgan fingerprint density at radius 2 is 2.14 bits per heavy atom. The van der Waals surface area contributed by atoms with Crippen molar-refractivity contribution in [2.24, 2.45) is 0 Å². The predicted molar refractivity (Wildman–Crippen MR) is 86.0 cm³/mol. The Morgan fingerprint density at radius 1 is 1.32 bits per heavy atom. The van der Waals surface area contributed by atoms with Gasteiger partial charge in [-0.3, -0.25) is 4.79 Å². The predicted octanol–water partition coefficient (Wildman–Crippen LogP) is 2.90. The first-order chi connectivity index (χ1) is 10.7. The van der Waals surface area contributed by atoms with Gasteiger partial charge in [0.15, 0.2) is 6.10 Å². The molecule has 0 spiro atoms. The third kappa shape index (κ3) is 3.57. The molecule has 0 radical (unpaired) electrons. The van der Waals surface area contributed by atoms with E-state index in [1.807, 2.05) is 36.4 Å². The fourth-order valence-corrected chi connectivity index (χ4v) is 2.66. The summed E-state index contributed by atoms with van der Waals surface area (Å²) in [5.74, 6) is 0.599. The molecule has 1 amide bonds. The van der Waals surface area contributed by atoms with Gasteiger partial charge in [0.2, 0.25) is 0 Å². The van der Waals surface area contributed by atoms with Crippen LogP contribution in [0.1, 0.15) is 19.8 Å². The molecule has 1 aliphatic rings. The second kappa shape index (κ2) is 6.79. The highest BCUT2D eigenvalue weighted by atomic mass is 16.5. The number of hydrogen-bond donors (Lipinski definition) is 1. The highest BCUT2D eigenvalue weighted by Crippen LogP contribution is 2.21. The Kier molecular flexibility index (Phi) is 4.59. The number of nitrogens with one attached hydrogen (secondary N) is 1. The van der Waals surface area contributed by atoms with E-state index < -0.39 is 6.10 Å². The lowest BCUT2D eigenvalue weighted by atomic mass is 10.1. The van der Waals surface area contributed by atoms with Crippen LogP contribution < -0.4 is 10.1 Å². The van der Waals surface area contributed by atoms with Crippen LogP contribution in [0.15, 0.2) is 42.5 Å². The van der Waals surface area contributed by atoms with Crippen molar-refractivity contribution in [1.29, 1.82) is 0 Å². The second-order valence-corrected chi connectivity index (χ2v) is 5.65. The van der Waals surface area contributed by atoms with Gasteiger partial charge in [0.25, 0.3) is 5.91 Å². The third-order valence-electron chi connectivity index (χ3n) is 3.93. The summed E-state index contributed by atoms with van der Waals surface area (Å²) in [6.45, 7) is 3.12. The molecule has 0 aliphatic carbocycles. The lowest BCUT2D eigenvalue weighted by Gasteiger charge is -2.17. The molecule has 1 fully saturated rings. The van der Waals surface area contributed by atoms with Crippen molar-refractivity contribution in [2.75, 3.05) is 13.2 Å². The quantitative estimate of drug-likeness (QED) is 0.923. The smallest absolute Gasteiger partial charge is 0.260 e. The molecule has 0 saturated carbocycles. The SMILES string of the molecule is C[C@H](Oc1ccc2ccccc2c1)C(=O)NC[C@@H]1CCCO1. The number of benzene rings is 2. The molecular formula is C18H21NO3. The monoisotopic (exact) mass is 299 g/mol. The summed E-state index contributed by atoms with van der Waals surface area (Å²) in [6, 6.07) is 13.9. The van der Waals surface area contributed by atoms with E-state index >= 15 is 0 Å². The molecule has 2 aromatic rings. The number of hydrogen-bond acceptors (Lipinski definition) is 3. The van der Waals surface area contributed by atoms with Crippen molar-refractivity contribution in [2.45, 2.75) is 32.0 Å². The number of carbonyl (C=O) groups excluding carboxylic acids is 1. The Hall–Kier alpha value is -2.07. The van der Waals surface area contributed by atoms with Gasteiger partial charge in [0, 0.05) is 13.2 Å². The van der Waals surface area contributed by atoms with Gasteiger partial charge in [0.05, 0.1) is 6.10 Å². The van der Waals surface area contributed by atoms with Crippen molar-refractivity contribution in [3.63, 3.8) is 0 Å². The molecule has 0 aromatic heterocycles.